The molecule has 2 aromatic carbocycles. The number of fused-ring (bicyclic) bond motifs is 1. The fourth-order valence-corrected chi connectivity index (χ4v) is 2.88. The lowest BCUT2D eigenvalue weighted by atomic mass is 10.1. The van der Waals surface area contributed by atoms with Crippen LogP contribution in [0, 0.1) is 5.82 Å². The van der Waals surface area contributed by atoms with Gasteiger partial charge in [-0.2, -0.15) is 0 Å². The molecule has 2 heteroatoms. The zero-order chi connectivity index (χ0) is 13.9. The SMILES string of the molecule is C[C@H](NCc1ccc2c(c1)CCC2)c1ccc(F)cc1. The quantitative estimate of drug-likeness (QED) is 0.878. The maximum absolute atomic E-state index is 12.9. The van der Waals surface area contributed by atoms with Crippen LogP contribution in [-0.4, -0.2) is 0 Å². The van der Waals surface area contributed by atoms with E-state index in [0.717, 1.165) is 12.1 Å². The first kappa shape index (κ1) is 13.3. The summed E-state index contributed by atoms with van der Waals surface area (Å²) in [5.41, 5.74) is 5.48. The maximum atomic E-state index is 12.9. The smallest absolute Gasteiger partial charge is 0.123 e. The lowest BCUT2D eigenvalue weighted by Crippen LogP contribution is -2.18. The topological polar surface area (TPSA) is 12.0 Å². The van der Waals surface area contributed by atoms with Crippen molar-refractivity contribution < 1.29 is 4.39 Å². The normalized spacial score (nSPS) is 15.1. The van der Waals surface area contributed by atoms with E-state index < -0.39 is 0 Å². The summed E-state index contributed by atoms with van der Waals surface area (Å²) < 4.78 is 12.9. The molecule has 0 saturated heterocycles. The van der Waals surface area contributed by atoms with E-state index >= 15 is 0 Å². The summed E-state index contributed by atoms with van der Waals surface area (Å²) in [7, 11) is 0. The molecule has 1 atom stereocenters. The molecule has 0 aromatic heterocycles. The summed E-state index contributed by atoms with van der Waals surface area (Å²) in [6, 6.07) is 13.8. The highest BCUT2D eigenvalue weighted by molar-refractivity contribution is 5.35. The van der Waals surface area contributed by atoms with Crippen molar-refractivity contribution >= 4 is 0 Å². The van der Waals surface area contributed by atoms with E-state index in [9.17, 15) is 4.39 Å². The monoisotopic (exact) mass is 269 g/mol. The Bertz CT molecular complexity index is 589. The summed E-state index contributed by atoms with van der Waals surface area (Å²) >= 11 is 0. The van der Waals surface area contributed by atoms with Crippen LogP contribution >= 0.6 is 0 Å². The highest BCUT2D eigenvalue weighted by atomic mass is 19.1. The predicted octanol–water partition coefficient (Wildman–Crippen LogP) is 4.17. The molecule has 0 unspecified atom stereocenters. The molecule has 1 N–H and O–H groups in total. The molecule has 1 aliphatic carbocycles. The van der Waals surface area contributed by atoms with Crippen molar-refractivity contribution in [2.24, 2.45) is 0 Å². The van der Waals surface area contributed by atoms with Crippen LogP contribution in [-0.2, 0) is 19.4 Å². The molecule has 2 aromatic rings. The summed E-state index contributed by atoms with van der Waals surface area (Å²) in [6.45, 7) is 2.96. The Morgan fingerprint density at radius 2 is 1.80 bits per heavy atom. The van der Waals surface area contributed by atoms with E-state index in [0.29, 0.717) is 0 Å². The van der Waals surface area contributed by atoms with E-state index in [1.807, 2.05) is 12.1 Å². The van der Waals surface area contributed by atoms with Crippen LogP contribution in [0.4, 0.5) is 4.39 Å². The molecule has 0 spiro atoms. The van der Waals surface area contributed by atoms with Gasteiger partial charge in [0.15, 0.2) is 0 Å². The van der Waals surface area contributed by atoms with Gasteiger partial charge < -0.3 is 5.32 Å². The van der Waals surface area contributed by atoms with Gasteiger partial charge in [0, 0.05) is 12.6 Å². The molecule has 0 amide bonds. The lowest BCUT2D eigenvalue weighted by Gasteiger charge is -2.15. The van der Waals surface area contributed by atoms with E-state index in [1.54, 1.807) is 0 Å². The van der Waals surface area contributed by atoms with Crippen LogP contribution in [0.15, 0.2) is 42.5 Å². The van der Waals surface area contributed by atoms with Crippen LogP contribution < -0.4 is 5.32 Å². The Labute approximate surface area is 119 Å². The standard InChI is InChI=1S/C18H20FN/c1-13(15-7-9-18(19)10-8-15)20-12-14-5-6-16-3-2-4-17(16)11-14/h5-11,13,20H,2-4,12H2,1H3/t13-/m0/s1. The molecular weight excluding hydrogens is 249 g/mol. The van der Waals surface area contributed by atoms with Gasteiger partial charge in [0.05, 0.1) is 0 Å². The van der Waals surface area contributed by atoms with Crippen LogP contribution in [0.5, 0.6) is 0 Å². The van der Waals surface area contributed by atoms with Crippen molar-refractivity contribution in [2.45, 2.75) is 38.8 Å². The van der Waals surface area contributed by atoms with Gasteiger partial charge >= 0.3 is 0 Å². The second-order valence-corrected chi connectivity index (χ2v) is 5.61. The number of hydrogen-bond acceptors (Lipinski definition) is 1. The third-order valence-corrected chi connectivity index (χ3v) is 4.15. The number of benzene rings is 2. The molecule has 0 aliphatic heterocycles. The summed E-state index contributed by atoms with van der Waals surface area (Å²) in [5, 5.41) is 3.50. The number of aryl methyl sites for hydroxylation is 2. The second kappa shape index (κ2) is 5.76. The van der Waals surface area contributed by atoms with Gasteiger partial charge in [-0.1, -0.05) is 30.3 Å². The Morgan fingerprint density at radius 3 is 2.60 bits per heavy atom. The number of hydrogen-bond donors (Lipinski definition) is 1. The molecule has 0 bridgehead atoms. The van der Waals surface area contributed by atoms with Crippen molar-refractivity contribution in [3.63, 3.8) is 0 Å². The fraction of sp³-hybridized carbons (Fsp3) is 0.333. The van der Waals surface area contributed by atoms with Crippen molar-refractivity contribution in [2.75, 3.05) is 0 Å². The van der Waals surface area contributed by atoms with Crippen molar-refractivity contribution in [1.82, 2.24) is 5.32 Å². The molecule has 1 aliphatic rings. The second-order valence-electron chi connectivity index (χ2n) is 5.61. The Morgan fingerprint density at radius 1 is 1.05 bits per heavy atom. The third-order valence-electron chi connectivity index (χ3n) is 4.15. The third kappa shape index (κ3) is 2.91. The molecule has 20 heavy (non-hydrogen) atoms. The van der Waals surface area contributed by atoms with E-state index in [4.69, 9.17) is 0 Å². The minimum atomic E-state index is -0.181. The predicted molar refractivity (Wildman–Crippen MR) is 80.1 cm³/mol. The van der Waals surface area contributed by atoms with Crippen molar-refractivity contribution in [3.8, 4) is 0 Å². The van der Waals surface area contributed by atoms with Crippen molar-refractivity contribution in [1.29, 1.82) is 0 Å². The maximum Gasteiger partial charge on any atom is 0.123 e. The Balaban J connectivity index is 1.63. The molecule has 0 heterocycles. The molecular formula is C18H20FN. The highest BCUT2D eigenvalue weighted by Crippen LogP contribution is 2.23. The fourth-order valence-electron chi connectivity index (χ4n) is 2.88. The Kier molecular flexibility index (Phi) is 3.83. The average Bonchev–Trinajstić information content (AvgIpc) is 2.93. The molecule has 0 radical (unpaired) electrons. The van der Waals surface area contributed by atoms with Crippen LogP contribution in [0.25, 0.3) is 0 Å². The van der Waals surface area contributed by atoms with Gasteiger partial charge in [0.1, 0.15) is 5.82 Å². The van der Waals surface area contributed by atoms with Gasteiger partial charge in [0.25, 0.3) is 0 Å². The Hall–Kier alpha value is -1.67. The van der Waals surface area contributed by atoms with E-state index in [1.165, 1.54) is 48.1 Å². The van der Waals surface area contributed by atoms with Gasteiger partial charge in [-0.3, -0.25) is 0 Å². The van der Waals surface area contributed by atoms with E-state index in [2.05, 4.69) is 30.4 Å². The first-order valence-electron chi connectivity index (χ1n) is 7.32. The zero-order valence-corrected chi connectivity index (χ0v) is 11.8. The molecule has 0 fully saturated rings. The summed E-state index contributed by atoms with van der Waals surface area (Å²) in [6.07, 6.45) is 3.74. The van der Waals surface area contributed by atoms with Crippen LogP contribution in [0.2, 0.25) is 0 Å². The average molecular weight is 269 g/mol. The van der Waals surface area contributed by atoms with Gasteiger partial charge in [-0.25, -0.2) is 4.39 Å². The highest BCUT2D eigenvalue weighted by Gasteiger charge is 2.11. The molecule has 1 nitrogen and oxygen atoms in total. The molecule has 104 valence electrons. The number of halogens is 1. The molecule has 3 rings (SSSR count). The van der Waals surface area contributed by atoms with Crippen molar-refractivity contribution in [3.05, 3.63) is 70.5 Å². The first-order chi connectivity index (χ1) is 9.72. The minimum Gasteiger partial charge on any atom is -0.306 e. The summed E-state index contributed by atoms with van der Waals surface area (Å²) in [5.74, 6) is -0.181. The van der Waals surface area contributed by atoms with Crippen LogP contribution in [0.3, 0.4) is 0 Å². The van der Waals surface area contributed by atoms with Gasteiger partial charge in [0.2, 0.25) is 0 Å². The van der Waals surface area contributed by atoms with Gasteiger partial charge in [-0.15, -0.1) is 0 Å². The van der Waals surface area contributed by atoms with Crippen LogP contribution in [0.1, 0.15) is 41.6 Å². The van der Waals surface area contributed by atoms with Gasteiger partial charge in [-0.05, 0) is 60.6 Å². The largest absolute Gasteiger partial charge is 0.306 e. The number of rotatable bonds is 4. The summed E-state index contributed by atoms with van der Waals surface area (Å²) in [4.78, 5) is 0. The minimum absolute atomic E-state index is 0.181. The first-order valence-corrected chi connectivity index (χ1v) is 7.32. The van der Waals surface area contributed by atoms with E-state index in [-0.39, 0.29) is 11.9 Å². The lowest BCUT2D eigenvalue weighted by molar-refractivity contribution is 0.571. The zero-order valence-electron chi connectivity index (χ0n) is 11.8. The molecule has 0 saturated carbocycles. The number of nitrogens with one attached hydrogen (secondary N) is 1.